The summed E-state index contributed by atoms with van der Waals surface area (Å²) >= 11 is 0. The zero-order chi connectivity index (χ0) is 13.0. The molecule has 0 aromatic rings. The molecule has 2 rings (SSSR count). The summed E-state index contributed by atoms with van der Waals surface area (Å²) in [6.45, 7) is 11.1. The van der Waals surface area contributed by atoms with Crippen LogP contribution >= 0.6 is 0 Å². The minimum atomic E-state index is 0.611. The van der Waals surface area contributed by atoms with Crippen LogP contribution < -0.4 is 5.32 Å². The average molecular weight is 252 g/mol. The number of nitrogens with one attached hydrogen (secondary N) is 1. The van der Waals surface area contributed by atoms with Gasteiger partial charge >= 0.3 is 0 Å². The lowest BCUT2D eigenvalue weighted by atomic mass is 9.74. The maximum absolute atomic E-state index is 3.54. The first-order chi connectivity index (χ1) is 8.67. The van der Waals surface area contributed by atoms with Crippen LogP contribution in [0, 0.1) is 5.41 Å². The predicted octanol–water partition coefficient (Wildman–Crippen LogP) is 3.42. The van der Waals surface area contributed by atoms with Crippen molar-refractivity contribution in [1.82, 2.24) is 10.2 Å². The SMILES string of the molecule is CCCC1(CN2C(C)CCCC2C)CCNCC1. The van der Waals surface area contributed by atoms with Gasteiger partial charge in [-0.2, -0.15) is 0 Å². The van der Waals surface area contributed by atoms with Crippen molar-refractivity contribution in [3.63, 3.8) is 0 Å². The molecule has 0 spiro atoms. The van der Waals surface area contributed by atoms with Crippen LogP contribution in [0.2, 0.25) is 0 Å². The van der Waals surface area contributed by atoms with Gasteiger partial charge in [0.05, 0.1) is 0 Å². The molecular weight excluding hydrogens is 220 g/mol. The van der Waals surface area contributed by atoms with E-state index in [1.807, 2.05) is 0 Å². The molecule has 0 aromatic heterocycles. The highest BCUT2D eigenvalue weighted by Gasteiger charge is 2.36. The molecule has 2 saturated heterocycles. The lowest BCUT2D eigenvalue weighted by Crippen LogP contribution is -2.51. The van der Waals surface area contributed by atoms with Crippen LogP contribution in [0.25, 0.3) is 0 Å². The second-order valence-corrected chi connectivity index (χ2v) is 6.80. The molecule has 18 heavy (non-hydrogen) atoms. The van der Waals surface area contributed by atoms with Crippen molar-refractivity contribution in [1.29, 1.82) is 0 Å². The van der Waals surface area contributed by atoms with E-state index in [4.69, 9.17) is 0 Å². The Balaban J connectivity index is 2.02. The number of piperidine rings is 2. The molecule has 0 radical (unpaired) electrons. The van der Waals surface area contributed by atoms with Crippen molar-refractivity contribution in [3.05, 3.63) is 0 Å². The summed E-state index contributed by atoms with van der Waals surface area (Å²) in [4.78, 5) is 2.82. The fourth-order valence-corrected chi connectivity index (χ4v) is 4.15. The third-order valence-corrected chi connectivity index (χ3v) is 5.34. The molecule has 1 N–H and O–H groups in total. The second kappa shape index (κ2) is 6.38. The van der Waals surface area contributed by atoms with E-state index in [9.17, 15) is 0 Å². The first kappa shape index (κ1) is 14.3. The van der Waals surface area contributed by atoms with Gasteiger partial charge < -0.3 is 5.32 Å². The highest BCUT2D eigenvalue weighted by molar-refractivity contribution is 4.91. The first-order valence-corrected chi connectivity index (χ1v) is 8.13. The Morgan fingerprint density at radius 1 is 1.11 bits per heavy atom. The summed E-state index contributed by atoms with van der Waals surface area (Å²) in [6, 6.07) is 1.61. The molecule has 0 aromatic carbocycles. The molecule has 106 valence electrons. The lowest BCUT2D eigenvalue weighted by molar-refractivity contribution is 0.0276. The van der Waals surface area contributed by atoms with Crippen molar-refractivity contribution in [2.75, 3.05) is 19.6 Å². The summed E-state index contributed by atoms with van der Waals surface area (Å²) in [5, 5.41) is 3.54. The van der Waals surface area contributed by atoms with Gasteiger partial charge in [0, 0.05) is 18.6 Å². The highest BCUT2D eigenvalue weighted by atomic mass is 15.2. The van der Waals surface area contributed by atoms with Crippen LogP contribution in [-0.4, -0.2) is 36.6 Å². The van der Waals surface area contributed by atoms with Crippen molar-refractivity contribution < 1.29 is 0 Å². The third kappa shape index (κ3) is 3.27. The lowest BCUT2D eigenvalue weighted by Gasteiger charge is -2.47. The van der Waals surface area contributed by atoms with Gasteiger partial charge in [-0.15, -0.1) is 0 Å². The smallest absolute Gasteiger partial charge is 0.00699 e. The third-order valence-electron chi connectivity index (χ3n) is 5.34. The highest BCUT2D eigenvalue weighted by Crippen LogP contribution is 2.37. The van der Waals surface area contributed by atoms with E-state index in [0.717, 1.165) is 12.1 Å². The fraction of sp³-hybridized carbons (Fsp3) is 1.00. The van der Waals surface area contributed by atoms with Gasteiger partial charge in [-0.3, -0.25) is 4.90 Å². The minimum absolute atomic E-state index is 0.611. The molecule has 2 nitrogen and oxygen atoms in total. The Morgan fingerprint density at radius 3 is 2.28 bits per heavy atom. The molecule has 2 fully saturated rings. The largest absolute Gasteiger partial charge is 0.317 e. The van der Waals surface area contributed by atoms with Gasteiger partial charge in [0.1, 0.15) is 0 Å². The summed E-state index contributed by atoms with van der Waals surface area (Å²) < 4.78 is 0. The Morgan fingerprint density at radius 2 is 1.72 bits per heavy atom. The van der Waals surface area contributed by atoms with Crippen LogP contribution in [0.3, 0.4) is 0 Å². The van der Waals surface area contributed by atoms with E-state index in [-0.39, 0.29) is 0 Å². The quantitative estimate of drug-likeness (QED) is 0.825. The number of nitrogens with zero attached hydrogens (tertiary/aromatic N) is 1. The Bertz CT molecular complexity index is 230. The van der Waals surface area contributed by atoms with Gasteiger partial charge in [-0.1, -0.05) is 19.8 Å². The summed E-state index contributed by atoms with van der Waals surface area (Å²) in [6.07, 6.45) is 9.78. The van der Waals surface area contributed by atoms with Crippen LogP contribution in [0.1, 0.15) is 65.7 Å². The molecule has 0 amide bonds. The van der Waals surface area contributed by atoms with Crippen LogP contribution in [0.15, 0.2) is 0 Å². The minimum Gasteiger partial charge on any atom is -0.317 e. The molecule has 2 aliphatic heterocycles. The average Bonchev–Trinajstić information content (AvgIpc) is 2.36. The number of hydrogen-bond donors (Lipinski definition) is 1. The molecule has 0 bridgehead atoms. The molecule has 0 saturated carbocycles. The Kier molecular flexibility index (Phi) is 5.08. The van der Waals surface area contributed by atoms with Crippen LogP contribution in [-0.2, 0) is 0 Å². The van der Waals surface area contributed by atoms with Gasteiger partial charge in [0.25, 0.3) is 0 Å². The molecule has 2 unspecified atom stereocenters. The Hall–Kier alpha value is -0.0800. The van der Waals surface area contributed by atoms with Crippen LogP contribution in [0.4, 0.5) is 0 Å². The molecule has 0 aliphatic carbocycles. The maximum atomic E-state index is 3.54. The van der Waals surface area contributed by atoms with E-state index >= 15 is 0 Å². The van der Waals surface area contributed by atoms with Crippen molar-refractivity contribution in [2.24, 2.45) is 5.41 Å². The molecule has 2 heteroatoms. The topological polar surface area (TPSA) is 15.3 Å². The first-order valence-electron chi connectivity index (χ1n) is 8.13. The zero-order valence-electron chi connectivity index (χ0n) is 12.7. The van der Waals surface area contributed by atoms with Crippen molar-refractivity contribution in [3.8, 4) is 0 Å². The maximum Gasteiger partial charge on any atom is 0.00699 e. The molecule has 2 heterocycles. The summed E-state index contributed by atoms with van der Waals surface area (Å²) in [5.74, 6) is 0. The van der Waals surface area contributed by atoms with Gasteiger partial charge in [-0.25, -0.2) is 0 Å². The zero-order valence-corrected chi connectivity index (χ0v) is 12.7. The fourth-order valence-electron chi connectivity index (χ4n) is 4.15. The van der Waals surface area contributed by atoms with Crippen molar-refractivity contribution >= 4 is 0 Å². The van der Waals surface area contributed by atoms with E-state index in [0.29, 0.717) is 5.41 Å². The summed E-state index contributed by atoms with van der Waals surface area (Å²) in [7, 11) is 0. The van der Waals surface area contributed by atoms with E-state index in [2.05, 4.69) is 31.0 Å². The standard InChI is InChI=1S/C16H32N2/c1-4-8-16(9-11-17-12-10-16)13-18-14(2)6-5-7-15(18)3/h14-15,17H,4-13H2,1-3H3. The van der Waals surface area contributed by atoms with Crippen molar-refractivity contribution in [2.45, 2.75) is 77.8 Å². The predicted molar refractivity (Wildman–Crippen MR) is 78.9 cm³/mol. The second-order valence-electron chi connectivity index (χ2n) is 6.80. The summed E-state index contributed by atoms with van der Waals surface area (Å²) in [5.41, 5.74) is 0.611. The van der Waals surface area contributed by atoms with Gasteiger partial charge in [0.2, 0.25) is 0 Å². The molecule has 2 atom stereocenters. The number of hydrogen-bond acceptors (Lipinski definition) is 2. The van der Waals surface area contributed by atoms with E-state index < -0.39 is 0 Å². The van der Waals surface area contributed by atoms with E-state index in [1.165, 1.54) is 64.6 Å². The number of likely N-dealkylation sites (tertiary alicyclic amines) is 1. The van der Waals surface area contributed by atoms with Gasteiger partial charge in [-0.05, 0) is 64.5 Å². The number of rotatable bonds is 4. The van der Waals surface area contributed by atoms with E-state index in [1.54, 1.807) is 0 Å². The van der Waals surface area contributed by atoms with Gasteiger partial charge in [0.15, 0.2) is 0 Å². The molecular formula is C16H32N2. The molecule has 2 aliphatic rings. The monoisotopic (exact) mass is 252 g/mol. The Labute approximate surface area is 114 Å². The van der Waals surface area contributed by atoms with Crippen LogP contribution in [0.5, 0.6) is 0 Å². The normalized spacial score (nSPS) is 33.5.